The van der Waals surface area contributed by atoms with Gasteiger partial charge < -0.3 is 19.4 Å². The third-order valence-corrected chi connectivity index (χ3v) is 5.70. The summed E-state index contributed by atoms with van der Waals surface area (Å²) in [4.78, 5) is 27.3. The molecule has 0 atom stereocenters. The molecule has 11 heteroatoms. The average molecular weight is 498 g/mol. The quantitative estimate of drug-likeness (QED) is 0.218. The number of H-pyrrole nitrogens is 1. The van der Waals surface area contributed by atoms with Crippen LogP contribution in [0.1, 0.15) is 16.1 Å². The number of hydrogen-bond acceptors (Lipinski definition) is 7. The zero-order valence-electron chi connectivity index (χ0n) is 17.5. The highest BCUT2D eigenvalue weighted by atomic mass is 35.5. The van der Waals surface area contributed by atoms with E-state index in [2.05, 4.69) is 15.2 Å². The van der Waals surface area contributed by atoms with E-state index in [1.807, 2.05) is 0 Å². The minimum atomic E-state index is -1.19. The number of methoxy groups -OCH3 is 1. The Bertz CT molecular complexity index is 1410. The molecule has 172 valence electrons. The highest BCUT2D eigenvalue weighted by Gasteiger charge is 2.17. The van der Waals surface area contributed by atoms with Gasteiger partial charge in [-0.1, -0.05) is 23.7 Å². The van der Waals surface area contributed by atoms with Crippen LogP contribution in [0, 0.1) is 0 Å². The highest BCUT2D eigenvalue weighted by molar-refractivity contribution is 8.04. The topological polar surface area (TPSA) is 139 Å². The van der Waals surface area contributed by atoms with Gasteiger partial charge in [0.2, 0.25) is 5.16 Å². The number of nitrogens with zero attached hydrogens (tertiary/aromatic N) is 2. The van der Waals surface area contributed by atoms with Crippen LogP contribution in [0.5, 0.6) is 5.75 Å². The van der Waals surface area contributed by atoms with Gasteiger partial charge in [-0.15, -0.1) is 5.10 Å². The Balaban J connectivity index is 1.58. The average Bonchev–Trinajstić information content (AvgIpc) is 3.48. The van der Waals surface area contributed by atoms with Crippen molar-refractivity contribution in [2.45, 2.75) is 5.16 Å². The number of aromatic nitrogens is 3. The SMILES string of the molecule is COc1ccc(Cl)cc1-c1nc(S/C(=C\c2ccc(-c3cccc(C(=O)O)c3)o2)C(=O)O)n[nH]1. The first-order chi connectivity index (χ1) is 16.3. The molecule has 0 spiro atoms. The Morgan fingerprint density at radius 3 is 2.71 bits per heavy atom. The Labute approximate surface area is 202 Å². The second-order valence-corrected chi connectivity index (χ2v) is 8.26. The molecule has 0 unspecified atom stereocenters. The molecule has 2 aromatic carbocycles. The molecule has 0 bridgehead atoms. The fourth-order valence-corrected chi connectivity index (χ4v) is 3.89. The van der Waals surface area contributed by atoms with Crippen molar-refractivity contribution < 1.29 is 29.0 Å². The molecule has 0 amide bonds. The number of thioether (sulfide) groups is 1. The molecule has 0 aliphatic heterocycles. The number of carboxylic acids is 2. The Hall–Kier alpha value is -4.02. The maximum Gasteiger partial charge on any atom is 0.342 e. The number of aromatic carboxylic acids is 1. The van der Waals surface area contributed by atoms with Crippen LogP contribution < -0.4 is 4.74 Å². The van der Waals surface area contributed by atoms with Crippen LogP contribution in [0.15, 0.2) is 69.1 Å². The smallest absolute Gasteiger partial charge is 0.342 e. The Kier molecular flexibility index (Phi) is 6.71. The molecule has 3 N–H and O–H groups in total. The summed E-state index contributed by atoms with van der Waals surface area (Å²) in [6.45, 7) is 0. The first kappa shape index (κ1) is 23.1. The standard InChI is InChI=1S/C23H16ClN3O6S/c1-32-18-7-5-14(24)10-16(18)20-25-23(27-26-20)34-19(22(30)31)11-15-6-8-17(33-15)12-3-2-4-13(9-12)21(28)29/h2-11H,1H3,(H,28,29)(H,30,31)(H,25,26,27)/b19-11-. The first-order valence-electron chi connectivity index (χ1n) is 9.67. The zero-order valence-corrected chi connectivity index (χ0v) is 19.1. The number of nitrogens with one attached hydrogen (secondary N) is 1. The highest BCUT2D eigenvalue weighted by Crippen LogP contribution is 2.33. The number of ether oxygens (including phenoxy) is 1. The lowest BCUT2D eigenvalue weighted by molar-refractivity contribution is -0.131. The van der Waals surface area contributed by atoms with Gasteiger partial charge in [0, 0.05) is 16.7 Å². The van der Waals surface area contributed by atoms with Crippen molar-refractivity contribution in [1.29, 1.82) is 0 Å². The fourth-order valence-electron chi connectivity index (χ4n) is 3.03. The predicted molar refractivity (Wildman–Crippen MR) is 126 cm³/mol. The van der Waals surface area contributed by atoms with E-state index in [-0.39, 0.29) is 21.4 Å². The van der Waals surface area contributed by atoms with Gasteiger partial charge in [0.15, 0.2) is 5.82 Å². The molecular weight excluding hydrogens is 482 g/mol. The third kappa shape index (κ3) is 5.13. The summed E-state index contributed by atoms with van der Waals surface area (Å²) in [5.41, 5.74) is 1.25. The molecule has 0 radical (unpaired) electrons. The van der Waals surface area contributed by atoms with E-state index in [0.29, 0.717) is 33.5 Å². The summed E-state index contributed by atoms with van der Waals surface area (Å²) in [5, 5.41) is 26.3. The molecule has 0 saturated heterocycles. The number of furan rings is 1. The number of carboxylic acid groups (broad SMARTS) is 2. The van der Waals surface area contributed by atoms with Crippen LogP contribution in [0.2, 0.25) is 5.02 Å². The number of benzene rings is 2. The molecular formula is C23H16ClN3O6S. The van der Waals surface area contributed by atoms with Crippen molar-refractivity contribution in [2.75, 3.05) is 7.11 Å². The number of aromatic amines is 1. The van der Waals surface area contributed by atoms with E-state index in [1.54, 1.807) is 42.5 Å². The van der Waals surface area contributed by atoms with Gasteiger partial charge in [0.1, 0.15) is 22.2 Å². The minimum Gasteiger partial charge on any atom is -0.496 e. The van der Waals surface area contributed by atoms with E-state index in [0.717, 1.165) is 11.8 Å². The summed E-state index contributed by atoms with van der Waals surface area (Å²) in [6, 6.07) is 14.5. The van der Waals surface area contributed by atoms with Gasteiger partial charge in [0.05, 0.1) is 18.2 Å². The fraction of sp³-hybridized carbons (Fsp3) is 0.0435. The largest absolute Gasteiger partial charge is 0.496 e. The molecule has 0 aliphatic carbocycles. The molecule has 4 rings (SSSR count). The first-order valence-corrected chi connectivity index (χ1v) is 10.9. The van der Waals surface area contributed by atoms with Crippen molar-refractivity contribution >= 4 is 41.4 Å². The van der Waals surface area contributed by atoms with Crippen molar-refractivity contribution in [3.8, 4) is 28.5 Å². The maximum absolute atomic E-state index is 11.8. The predicted octanol–water partition coefficient (Wildman–Crippen LogP) is 5.31. The van der Waals surface area contributed by atoms with Crippen molar-refractivity contribution in [1.82, 2.24) is 15.2 Å². The molecule has 0 saturated carbocycles. The lowest BCUT2D eigenvalue weighted by Crippen LogP contribution is -1.97. The van der Waals surface area contributed by atoms with Crippen molar-refractivity contribution in [3.63, 3.8) is 0 Å². The lowest BCUT2D eigenvalue weighted by Gasteiger charge is -2.05. The summed E-state index contributed by atoms with van der Waals surface area (Å²) in [7, 11) is 1.51. The van der Waals surface area contributed by atoms with E-state index < -0.39 is 11.9 Å². The van der Waals surface area contributed by atoms with Crippen LogP contribution in [-0.2, 0) is 4.79 Å². The Morgan fingerprint density at radius 1 is 1.15 bits per heavy atom. The molecule has 34 heavy (non-hydrogen) atoms. The summed E-state index contributed by atoms with van der Waals surface area (Å²) in [6.07, 6.45) is 1.34. The second kappa shape index (κ2) is 9.86. The van der Waals surface area contributed by atoms with Crippen LogP contribution in [-0.4, -0.2) is 44.4 Å². The van der Waals surface area contributed by atoms with Crippen molar-refractivity contribution in [3.05, 3.63) is 75.8 Å². The number of aliphatic carboxylic acids is 1. The molecule has 9 nitrogen and oxygen atoms in total. The van der Waals surface area contributed by atoms with E-state index in [9.17, 15) is 14.7 Å². The molecule has 4 aromatic rings. The number of hydrogen-bond donors (Lipinski definition) is 3. The monoisotopic (exact) mass is 497 g/mol. The van der Waals surface area contributed by atoms with Crippen LogP contribution >= 0.6 is 23.4 Å². The zero-order chi connectivity index (χ0) is 24.2. The van der Waals surface area contributed by atoms with Crippen LogP contribution in [0.25, 0.3) is 28.8 Å². The van der Waals surface area contributed by atoms with Crippen LogP contribution in [0.3, 0.4) is 0 Å². The number of halogens is 1. The van der Waals surface area contributed by atoms with Gasteiger partial charge in [0.25, 0.3) is 0 Å². The van der Waals surface area contributed by atoms with E-state index in [1.165, 1.54) is 25.3 Å². The van der Waals surface area contributed by atoms with Crippen molar-refractivity contribution in [2.24, 2.45) is 0 Å². The van der Waals surface area contributed by atoms with Gasteiger partial charge >= 0.3 is 11.9 Å². The Morgan fingerprint density at radius 2 is 1.97 bits per heavy atom. The summed E-state index contributed by atoms with van der Waals surface area (Å²) < 4.78 is 11.0. The normalized spacial score (nSPS) is 11.4. The molecule has 0 fully saturated rings. The summed E-state index contributed by atoms with van der Waals surface area (Å²) in [5.74, 6) is -0.682. The van der Waals surface area contributed by atoms with E-state index >= 15 is 0 Å². The number of rotatable bonds is 8. The maximum atomic E-state index is 11.8. The lowest BCUT2D eigenvalue weighted by atomic mass is 10.1. The molecule has 2 aromatic heterocycles. The van der Waals surface area contributed by atoms with E-state index in [4.69, 9.17) is 25.9 Å². The third-order valence-electron chi connectivity index (χ3n) is 4.59. The summed E-state index contributed by atoms with van der Waals surface area (Å²) >= 11 is 6.90. The van der Waals surface area contributed by atoms with Gasteiger partial charge in [-0.3, -0.25) is 5.10 Å². The molecule has 0 aliphatic rings. The van der Waals surface area contributed by atoms with Crippen LogP contribution in [0.4, 0.5) is 0 Å². The molecule has 2 heterocycles. The van der Waals surface area contributed by atoms with Gasteiger partial charge in [-0.05, 0) is 54.2 Å². The number of carbonyl (C=O) groups is 2. The second-order valence-electron chi connectivity index (χ2n) is 6.81. The van der Waals surface area contributed by atoms with Gasteiger partial charge in [-0.25, -0.2) is 14.6 Å². The van der Waals surface area contributed by atoms with Gasteiger partial charge in [-0.2, -0.15) is 0 Å². The minimum absolute atomic E-state index is 0.0798.